The zero-order valence-electron chi connectivity index (χ0n) is 18.1. The van der Waals surface area contributed by atoms with Crippen LogP contribution in [-0.2, 0) is 0 Å². The zero-order chi connectivity index (χ0) is 21.3. The van der Waals surface area contributed by atoms with E-state index < -0.39 is 0 Å². The van der Waals surface area contributed by atoms with Crippen molar-refractivity contribution in [1.29, 1.82) is 0 Å². The van der Waals surface area contributed by atoms with E-state index in [1.54, 1.807) is 18.3 Å². The Kier molecular flexibility index (Phi) is 7.76. The predicted octanol–water partition coefficient (Wildman–Crippen LogP) is 4.52. The van der Waals surface area contributed by atoms with Crippen molar-refractivity contribution in [2.75, 3.05) is 43.1 Å². The molecule has 0 saturated carbocycles. The van der Waals surface area contributed by atoms with Crippen LogP contribution in [0.25, 0.3) is 0 Å². The molecule has 1 aliphatic heterocycles. The maximum Gasteiger partial charge on any atom is 0.255 e. The first-order valence-electron chi connectivity index (χ1n) is 10.7. The number of hydrogen-bond acceptors (Lipinski definition) is 6. The first-order chi connectivity index (χ1) is 14.7. The second-order valence-electron chi connectivity index (χ2n) is 7.01. The molecule has 2 heterocycles. The van der Waals surface area contributed by atoms with Crippen molar-refractivity contribution in [3.63, 3.8) is 0 Å². The fourth-order valence-corrected chi connectivity index (χ4v) is 3.49. The summed E-state index contributed by atoms with van der Waals surface area (Å²) in [6.45, 7) is 9.12. The summed E-state index contributed by atoms with van der Waals surface area (Å²) in [6, 6.07) is 7.20. The van der Waals surface area contributed by atoms with Crippen LogP contribution in [0.4, 0.5) is 11.5 Å². The second-order valence-corrected chi connectivity index (χ2v) is 7.01. The number of nitrogens with one attached hydrogen (secondary N) is 1. The third kappa shape index (κ3) is 5.34. The summed E-state index contributed by atoms with van der Waals surface area (Å²) in [5.74, 6) is 2.20. The number of piperidine rings is 1. The molecule has 1 fully saturated rings. The number of nitrogens with zero attached hydrogens (tertiary/aromatic N) is 2. The van der Waals surface area contributed by atoms with Crippen LogP contribution in [0, 0.1) is 0 Å². The highest BCUT2D eigenvalue weighted by Crippen LogP contribution is 2.39. The van der Waals surface area contributed by atoms with Gasteiger partial charge in [-0.15, -0.1) is 0 Å². The van der Waals surface area contributed by atoms with Crippen molar-refractivity contribution >= 4 is 17.4 Å². The van der Waals surface area contributed by atoms with Crippen LogP contribution in [0.15, 0.2) is 30.5 Å². The van der Waals surface area contributed by atoms with Gasteiger partial charge < -0.3 is 24.4 Å². The van der Waals surface area contributed by atoms with Crippen LogP contribution in [0.5, 0.6) is 17.2 Å². The summed E-state index contributed by atoms with van der Waals surface area (Å²) in [6.07, 6.45) is 5.37. The molecule has 7 heteroatoms. The van der Waals surface area contributed by atoms with E-state index in [9.17, 15) is 4.79 Å². The van der Waals surface area contributed by atoms with E-state index in [4.69, 9.17) is 14.2 Å². The number of benzene rings is 1. The summed E-state index contributed by atoms with van der Waals surface area (Å²) >= 11 is 0. The van der Waals surface area contributed by atoms with Gasteiger partial charge in [-0.2, -0.15) is 0 Å². The number of carbonyl (C=O) groups excluding carboxylic acids is 1. The minimum Gasteiger partial charge on any atom is -0.490 e. The Bertz CT molecular complexity index is 806. The molecule has 1 N–H and O–H groups in total. The van der Waals surface area contributed by atoms with Crippen molar-refractivity contribution in [1.82, 2.24) is 4.98 Å². The van der Waals surface area contributed by atoms with E-state index >= 15 is 0 Å². The Hall–Kier alpha value is -2.96. The SMILES string of the molecule is CCOc1cc(C(=O)Nc2ccc(N3CCCCC3)nc2)cc(OCC)c1OCC. The van der Waals surface area contributed by atoms with Gasteiger partial charge in [-0.25, -0.2) is 4.98 Å². The number of aromatic nitrogens is 1. The van der Waals surface area contributed by atoms with Crippen LogP contribution in [0.2, 0.25) is 0 Å². The lowest BCUT2D eigenvalue weighted by Crippen LogP contribution is -2.30. The first kappa shape index (κ1) is 21.7. The van der Waals surface area contributed by atoms with E-state index in [-0.39, 0.29) is 5.91 Å². The molecule has 1 aromatic heterocycles. The van der Waals surface area contributed by atoms with E-state index in [1.165, 1.54) is 19.3 Å². The first-order valence-corrected chi connectivity index (χ1v) is 10.7. The molecule has 0 spiro atoms. The average molecular weight is 414 g/mol. The number of carbonyl (C=O) groups is 1. The van der Waals surface area contributed by atoms with Gasteiger partial charge in [0.2, 0.25) is 5.75 Å². The maximum atomic E-state index is 12.9. The smallest absolute Gasteiger partial charge is 0.255 e. The number of anilines is 2. The number of rotatable bonds is 9. The molecule has 3 rings (SSSR count). The summed E-state index contributed by atoms with van der Waals surface area (Å²) in [5, 5.41) is 2.91. The molecule has 0 unspecified atom stereocenters. The van der Waals surface area contributed by atoms with Gasteiger partial charge in [0.1, 0.15) is 5.82 Å². The lowest BCUT2D eigenvalue weighted by molar-refractivity contribution is 0.102. The van der Waals surface area contributed by atoms with E-state index in [1.807, 2.05) is 32.9 Å². The average Bonchev–Trinajstić information content (AvgIpc) is 2.77. The number of amides is 1. The molecule has 1 aromatic carbocycles. The highest BCUT2D eigenvalue weighted by Gasteiger charge is 2.19. The van der Waals surface area contributed by atoms with Gasteiger partial charge in [0.15, 0.2) is 11.5 Å². The molecular formula is C23H31N3O4. The Morgan fingerprint density at radius 1 is 0.967 bits per heavy atom. The topological polar surface area (TPSA) is 72.9 Å². The summed E-state index contributed by atoms with van der Waals surface area (Å²) < 4.78 is 17.1. The molecule has 162 valence electrons. The van der Waals surface area contributed by atoms with Gasteiger partial charge >= 0.3 is 0 Å². The standard InChI is InChI=1S/C23H31N3O4/c1-4-28-19-14-17(15-20(29-5-2)22(19)30-6-3)23(27)25-18-10-11-21(24-16-18)26-12-8-7-9-13-26/h10-11,14-16H,4-9,12-13H2,1-3H3,(H,25,27). The quantitative estimate of drug-likeness (QED) is 0.652. The number of pyridine rings is 1. The Labute approximate surface area is 178 Å². The third-order valence-corrected chi connectivity index (χ3v) is 4.86. The van der Waals surface area contributed by atoms with Gasteiger partial charge in [0.25, 0.3) is 5.91 Å². The molecular weight excluding hydrogens is 382 g/mol. The molecule has 0 bridgehead atoms. The summed E-state index contributed by atoms with van der Waals surface area (Å²) in [5.41, 5.74) is 1.08. The molecule has 2 aromatic rings. The highest BCUT2D eigenvalue weighted by atomic mass is 16.5. The minimum atomic E-state index is -0.257. The van der Waals surface area contributed by atoms with Gasteiger partial charge in [-0.3, -0.25) is 4.79 Å². The highest BCUT2D eigenvalue weighted by molar-refractivity contribution is 6.05. The second kappa shape index (κ2) is 10.7. The lowest BCUT2D eigenvalue weighted by Gasteiger charge is -2.27. The van der Waals surface area contributed by atoms with Crippen LogP contribution in [0.3, 0.4) is 0 Å². The Morgan fingerprint density at radius 3 is 2.13 bits per heavy atom. The van der Waals surface area contributed by atoms with Crippen LogP contribution in [0.1, 0.15) is 50.4 Å². The van der Waals surface area contributed by atoms with E-state index in [0.717, 1.165) is 18.9 Å². The number of ether oxygens (including phenoxy) is 3. The predicted molar refractivity (Wildman–Crippen MR) is 118 cm³/mol. The van der Waals surface area contributed by atoms with Gasteiger partial charge in [0.05, 0.1) is 31.7 Å². The van der Waals surface area contributed by atoms with E-state index in [2.05, 4.69) is 15.2 Å². The molecule has 0 atom stereocenters. The molecule has 30 heavy (non-hydrogen) atoms. The lowest BCUT2D eigenvalue weighted by atomic mass is 10.1. The molecule has 1 amide bonds. The fourth-order valence-electron chi connectivity index (χ4n) is 3.49. The summed E-state index contributed by atoms with van der Waals surface area (Å²) in [4.78, 5) is 19.7. The fraction of sp³-hybridized carbons (Fsp3) is 0.478. The van der Waals surface area contributed by atoms with Crippen molar-refractivity contribution in [3.05, 3.63) is 36.0 Å². The molecule has 1 aliphatic rings. The van der Waals surface area contributed by atoms with E-state index in [0.29, 0.717) is 48.3 Å². The largest absolute Gasteiger partial charge is 0.490 e. The van der Waals surface area contributed by atoms with Crippen molar-refractivity contribution < 1.29 is 19.0 Å². The van der Waals surface area contributed by atoms with Gasteiger partial charge in [-0.1, -0.05) is 0 Å². The van der Waals surface area contributed by atoms with Crippen molar-refractivity contribution in [3.8, 4) is 17.2 Å². The molecule has 0 radical (unpaired) electrons. The summed E-state index contributed by atoms with van der Waals surface area (Å²) in [7, 11) is 0. The van der Waals surface area contributed by atoms with Crippen LogP contribution >= 0.6 is 0 Å². The molecule has 7 nitrogen and oxygen atoms in total. The van der Waals surface area contributed by atoms with Crippen molar-refractivity contribution in [2.45, 2.75) is 40.0 Å². The number of hydrogen-bond donors (Lipinski definition) is 1. The minimum absolute atomic E-state index is 0.257. The van der Waals surface area contributed by atoms with Crippen LogP contribution in [-0.4, -0.2) is 43.8 Å². The van der Waals surface area contributed by atoms with Crippen LogP contribution < -0.4 is 24.4 Å². The Balaban J connectivity index is 1.78. The molecule has 1 saturated heterocycles. The maximum absolute atomic E-state index is 12.9. The van der Waals surface area contributed by atoms with Gasteiger partial charge in [0, 0.05) is 18.7 Å². The Morgan fingerprint density at radius 2 is 1.60 bits per heavy atom. The normalized spacial score (nSPS) is 13.6. The monoisotopic (exact) mass is 413 g/mol. The zero-order valence-corrected chi connectivity index (χ0v) is 18.1. The third-order valence-electron chi connectivity index (χ3n) is 4.86. The van der Waals surface area contributed by atoms with Crippen molar-refractivity contribution in [2.24, 2.45) is 0 Å². The van der Waals surface area contributed by atoms with Gasteiger partial charge in [-0.05, 0) is 64.3 Å². The molecule has 0 aliphatic carbocycles.